The molecule has 0 amide bonds. The van der Waals surface area contributed by atoms with Gasteiger partial charge in [-0.3, -0.25) is 6.08 Å². The van der Waals surface area contributed by atoms with E-state index in [0.29, 0.717) is 0 Å². The van der Waals surface area contributed by atoms with Crippen molar-refractivity contribution in [2.45, 2.75) is 65.2 Å². The molecule has 0 aromatic heterocycles. The fourth-order valence-corrected chi connectivity index (χ4v) is 8.10. The van der Waals surface area contributed by atoms with Crippen LogP contribution >= 0.6 is 24.8 Å². The van der Waals surface area contributed by atoms with Gasteiger partial charge in [-0.25, -0.2) is 12.2 Å². The summed E-state index contributed by atoms with van der Waals surface area (Å²) in [6, 6.07) is 70.0. The number of hydrogen-bond donors (Lipinski definition) is 0. The summed E-state index contributed by atoms with van der Waals surface area (Å²) in [5.41, 5.74) is 20.6. The van der Waals surface area contributed by atoms with Crippen LogP contribution in [0.2, 0.25) is 0 Å². The van der Waals surface area contributed by atoms with Crippen LogP contribution in [0.1, 0.15) is 81.3 Å². The van der Waals surface area contributed by atoms with Crippen LogP contribution in [0.5, 0.6) is 0 Å². The molecule has 0 saturated heterocycles. The van der Waals surface area contributed by atoms with Crippen molar-refractivity contribution in [3.05, 3.63) is 266 Å². The van der Waals surface area contributed by atoms with Crippen molar-refractivity contribution in [2.75, 3.05) is 0 Å². The SMILES string of the molecule is CC(C)(C)c1cc2c([c-]c1-c1ccccc1)Cc1cc(-c3ccccc3)c(C(C)(C)C)cc1-2.Cl.Cl.[C-]1=CC=CC1.[CH2-]c1ccc(-c2ccccc2)cc1.[CH2-]c1ccc(-c2ccccc2)cc1.[CH2]=[Zr]. The standard InChI is InChI=1S/C33H33.2C13H11.C5H5.CH2.2ClH.Zr/c1-32(2,3)30-20-26-24(18-28(30)22-13-9-7-10-14-22)17-25-19-29(23-15-11-8-12-16-23)31(21-27(25)26)33(4,5)6;2*1-11-7-9-13(10-8-11)12-5-3-2-4-6-12;1-2-4-5-3-1;;;;/h7-16,18,20-21H,17H2,1-6H3;2*2-10H,1H2;1-3H,4H2;1H2;2*1H;/q4*-1;;;;. The van der Waals surface area contributed by atoms with E-state index in [2.05, 4.69) is 205 Å². The van der Waals surface area contributed by atoms with Gasteiger partial charge in [-0.15, -0.1) is 84.3 Å². The summed E-state index contributed by atoms with van der Waals surface area (Å²) in [5, 5.41) is 0. The average Bonchev–Trinajstić information content (AvgIpc) is 4.05. The molecule has 0 spiro atoms. The van der Waals surface area contributed by atoms with Crippen molar-refractivity contribution in [2.24, 2.45) is 0 Å². The summed E-state index contributed by atoms with van der Waals surface area (Å²) in [7, 11) is 0. The summed E-state index contributed by atoms with van der Waals surface area (Å²) < 4.78 is 3.34. The molecule has 2 aliphatic rings. The molecule has 8 aromatic rings. The molecular weight excluding hydrogens is 943 g/mol. The molecule has 0 aliphatic heterocycles. The zero-order valence-corrected chi connectivity index (χ0v) is 44.6. The summed E-state index contributed by atoms with van der Waals surface area (Å²) >= 11 is 1.30. The molecular formula is C65H64Cl2Zr-4. The van der Waals surface area contributed by atoms with Crippen LogP contribution in [0.15, 0.2) is 206 Å². The number of rotatable bonds is 4. The van der Waals surface area contributed by atoms with Crippen molar-refractivity contribution >= 4 is 29.0 Å². The van der Waals surface area contributed by atoms with E-state index in [-0.39, 0.29) is 35.6 Å². The van der Waals surface area contributed by atoms with Gasteiger partial charge < -0.3 is 0 Å². The van der Waals surface area contributed by atoms with E-state index >= 15 is 0 Å². The van der Waals surface area contributed by atoms with E-state index in [0.717, 1.165) is 24.0 Å². The van der Waals surface area contributed by atoms with E-state index in [1.54, 1.807) is 0 Å². The topological polar surface area (TPSA) is 0 Å². The molecule has 2 aliphatic carbocycles. The van der Waals surface area contributed by atoms with E-state index in [4.69, 9.17) is 0 Å². The summed E-state index contributed by atoms with van der Waals surface area (Å²) in [6.07, 6.45) is 10.9. The molecule has 0 fully saturated rings. The first-order valence-corrected chi connectivity index (χ1v) is 24.5. The summed E-state index contributed by atoms with van der Waals surface area (Å²) in [4.78, 5) is 0. The van der Waals surface area contributed by atoms with Crippen LogP contribution in [-0.4, -0.2) is 4.21 Å². The predicted molar refractivity (Wildman–Crippen MR) is 298 cm³/mol. The Morgan fingerprint density at radius 1 is 0.456 bits per heavy atom. The van der Waals surface area contributed by atoms with Gasteiger partial charge in [0.1, 0.15) is 0 Å². The normalized spacial score (nSPS) is 11.4. The number of allylic oxidation sites excluding steroid dienone is 4. The van der Waals surface area contributed by atoms with Crippen LogP contribution in [-0.2, 0) is 41.5 Å². The molecule has 68 heavy (non-hydrogen) atoms. The van der Waals surface area contributed by atoms with Gasteiger partial charge in [0, 0.05) is 0 Å². The third kappa shape index (κ3) is 14.9. The maximum absolute atomic E-state index is 3.88. The van der Waals surface area contributed by atoms with Crippen molar-refractivity contribution < 1.29 is 24.2 Å². The molecule has 0 heterocycles. The van der Waals surface area contributed by atoms with Crippen molar-refractivity contribution in [3.8, 4) is 55.6 Å². The summed E-state index contributed by atoms with van der Waals surface area (Å²) in [5.74, 6) is 0. The number of halogens is 2. The molecule has 3 heteroatoms. The molecule has 0 N–H and O–H groups in total. The molecule has 0 radical (unpaired) electrons. The predicted octanol–water partition coefficient (Wildman–Crippen LogP) is 18.2. The Labute approximate surface area is 436 Å². The second kappa shape index (κ2) is 26.2. The third-order valence-electron chi connectivity index (χ3n) is 11.5. The molecule has 8 aromatic carbocycles. The maximum atomic E-state index is 3.88. The van der Waals surface area contributed by atoms with E-state index < -0.39 is 0 Å². The molecule has 0 unspecified atom stereocenters. The van der Waals surface area contributed by atoms with Gasteiger partial charge in [0.2, 0.25) is 0 Å². The van der Waals surface area contributed by atoms with Gasteiger partial charge in [-0.2, -0.15) is 55.3 Å². The monoisotopic (exact) mass is 1000 g/mol. The number of benzene rings is 8. The van der Waals surface area contributed by atoms with Gasteiger partial charge in [0.25, 0.3) is 0 Å². The Hall–Kier alpha value is -5.69. The Morgan fingerprint density at radius 3 is 1.24 bits per heavy atom. The fourth-order valence-electron chi connectivity index (χ4n) is 8.10. The second-order valence-corrected chi connectivity index (χ2v) is 18.5. The minimum atomic E-state index is 0. The van der Waals surface area contributed by atoms with Crippen LogP contribution in [0, 0.1) is 26.0 Å². The number of fused-ring (bicyclic) bond motifs is 3. The molecule has 10 rings (SSSR count). The van der Waals surface area contributed by atoms with Crippen LogP contribution in [0.25, 0.3) is 55.6 Å². The van der Waals surface area contributed by atoms with Gasteiger partial charge in [-0.05, 0) is 61.8 Å². The van der Waals surface area contributed by atoms with Crippen molar-refractivity contribution in [1.82, 2.24) is 0 Å². The van der Waals surface area contributed by atoms with Crippen LogP contribution in [0.4, 0.5) is 0 Å². The Balaban J connectivity index is 0.000000236. The molecule has 346 valence electrons. The Morgan fingerprint density at radius 2 is 0.853 bits per heavy atom. The molecule has 0 nitrogen and oxygen atoms in total. The number of hydrogen-bond acceptors (Lipinski definition) is 0. The van der Waals surface area contributed by atoms with Gasteiger partial charge in [-0.1, -0.05) is 192 Å². The van der Waals surface area contributed by atoms with Crippen molar-refractivity contribution in [1.29, 1.82) is 0 Å². The fraction of sp³-hybridized carbons (Fsp3) is 0.154. The minimum absolute atomic E-state index is 0. The average molecular weight is 1010 g/mol. The molecule has 0 atom stereocenters. The van der Waals surface area contributed by atoms with E-state index in [1.165, 1.54) is 102 Å². The Bertz CT molecular complexity index is 2620. The zero-order chi connectivity index (χ0) is 47.1. The van der Waals surface area contributed by atoms with E-state index in [9.17, 15) is 0 Å². The quantitative estimate of drug-likeness (QED) is 0.154. The van der Waals surface area contributed by atoms with Gasteiger partial charge in [0.15, 0.2) is 0 Å². The second-order valence-electron chi connectivity index (χ2n) is 18.5. The zero-order valence-electron chi connectivity index (χ0n) is 40.5. The van der Waals surface area contributed by atoms with Crippen LogP contribution < -0.4 is 0 Å². The van der Waals surface area contributed by atoms with Gasteiger partial charge in [0.05, 0.1) is 0 Å². The first-order valence-electron chi connectivity index (χ1n) is 22.8. The van der Waals surface area contributed by atoms with E-state index in [1.807, 2.05) is 72.8 Å². The first kappa shape index (κ1) is 54.9. The molecule has 0 bridgehead atoms. The van der Waals surface area contributed by atoms with Gasteiger partial charge >= 0.3 is 28.4 Å². The Kier molecular flexibility index (Phi) is 21.1. The van der Waals surface area contributed by atoms with Crippen LogP contribution in [0.3, 0.4) is 0 Å². The van der Waals surface area contributed by atoms with Crippen molar-refractivity contribution in [3.63, 3.8) is 0 Å². The summed E-state index contributed by atoms with van der Waals surface area (Å²) in [6.45, 7) is 21.6. The molecule has 0 saturated carbocycles. The third-order valence-corrected chi connectivity index (χ3v) is 11.5. The first-order chi connectivity index (χ1) is 31.8.